The third kappa shape index (κ3) is 7.22. The molecule has 0 heterocycles. The van der Waals surface area contributed by atoms with Crippen LogP contribution in [0.1, 0.15) is 36.7 Å². The number of benzene rings is 3. The van der Waals surface area contributed by atoms with E-state index >= 15 is 0 Å². The van der Waals surface area contributed by atoms with E-state index in [-0.39, 0.29) is 24.1 Å². The van der Waals surface area contributed by atoms with Crippen LogP contribution in [0.3, 0.4) is 0 Å². The van der Waals surface area contributed by atoms with Gasteiger partial charge in [0.05, 0.1) is 6.10 Å². The van der Waals surface area contributed by atoms with Crippen LogP contribution in [0.2, 0.25) is 0 Å². The molecule has 0 saturated heterocycles. The lowest BCUT2D eigenvalue weighted by molar-refractivity contribution is 0.0169. The smallest absolute Gasteiger partial charge is 0.339 e. The van der Waals surface area contributed by atoms with Crippen molar-refractivity contribution in [2.75, 3.05) is 13.2 Å². The standard InChI is InChI=1S/C26H29NO5.ClH/c1-18(2)32-24-17-20(11-14-23(24)25(28)29)19-9-12-22(13-10-19)31-16-15-27-26(3,30)21-7-5-4-6-8-21;/h4-14,17-18,27,30H,15-16H2,1-3H3,(H,28,29);1H/t26-;/m0./s1. The van der Waals surface area contributed by atoms with Gasteiger partial charge >= 0.3 is 5.97 Å². The van der Waals surface area contributed by atoms with Crippen LogP contribution in [0.25, 0.3) is 11.1 Å². The Labute approximate surface area is 200 Å². The van der Waals surface area contributed by atoms with Gasteiger partial charge in [0.25, 0.3) is 0 Å². The Kier molecular flexibility index (Phi) is 9.29. The fourth-order valence-electron chi connectivity index (χ4n) is 3.30. The van der Waals surface area contributed by atoms with Crippen molar-refractivity contribution < 1.29 is 24.5 Å². The molecule has 0 saturated carbocycles. The van der Waals surface area contributed by atoms with E-state index in [0.29, 0.717) is 24.7 Å². The monoisotopic (exact) mass is 471 g/mol. The summed E-state index contributed by atoms with van der Waals surface area (Å²) in [4.78, 5) is 11.4. The lowest BCUT2D eigenvalue weighted by Crippen LogP contribution is -2.41. The summed E-state index contributed by atoms with van der Waals surface area (Å²) in [6.45, 7) is 6.29. The van der Waals surface area contributed by atoms with Crippen LogP contribution in [-0.2, 0) is 5.72 Å². The highest BCUT2D eigenvalue weighted by atomic mass is 35.5. The average molecular weight is 472 g/mol. The van der Waals surface area contributed by atoms with E-state index in [1.54, 1.807) is 25.1 Å². The first-order valence-corrected chi connectivity index (χ1v) is 10.6. The molecule has 176 valence electrons. The quantitative estimate of drug-likeness (QED) is 0.282. The third-order valence-corrected chi connectivity index (χ3v) is 4.94. The highest BCUT2D eigenvalue weighted by Crippen LogP contribution is 2.29. The van der Waals surface area contributed by atoms with Gasteiger partial charge in [0.2, 0.25) is 0 Å². The number of ether oxygens (including phenoxy) is 2. The number of hydrogen-bond acceptors (Lipinski definition) is 5. The minimum absolute atomic E-state index is 0. The first-order valence-electron chi connectivity index (χ1n) is 10.6. The molecule has 0 radical (unpaired) electrons. The van der Waals surface area contributed by atoms with E-state index < -0.39 is 11.7 Å². The molecule has 33 heavy (non-hydrogen) atoms. The molecule has 0 bridgehead atoms. The summed E-state index contributed by atoms with van der Waals surface area (Å²) in [6.07, 6.45) is -0.129. The second-order valence-electron chi connectivity index (χ2n) is 7.92. The van der Waals surface area contributed by atoms with Crippen molar-refractivity contribution in [2.24, 2.45) is 0 Å². The second kappa shape index (κ2) is 11.7. The zero-order chi connectivity index (χ0) is 23.1. The van der Waals surface area contributed by atoms with Crippen molar-refractivity contribution in [2.45, 2.75) is 32.6 Å². The molecule has 3 aromatic carbocycles. The number of aliphatic hydroxyl groups is 1. The lowest BCUT2D eigenvalue weighted by atomic mass is 10.0. The molecule has 0 aromatic heterocycles. The topological polar surface area (TPSA) is 88.0 Å². The zero-order valence-electron chi connectivity index (χ0n) is 18.9. The van der Waals surface area contributed by atoms with Gasteiger partial charge in [0.15, 0.2) is 0 Å². The molecule has 3 rings (SSSR count). The summed E-state index contributed by atoms with van der Waals surface area (Å²) in [6, 6.07) is 22.0. The summed E-state index contributed by atoms with van der Waals surface area (Å²) in [5, 5.41) is 23.0. The van der Waals surface area contributed by atoms with Gasteiger partial charge < -0.3 is 19.7 Å². The minimum Gasteiger partial charge on any atom is -0.492 e. The number of rotatable bonds is 10. The molecule has 7 heteroatoms. The summed E-state index contributed by atoms with van der Waals surface area (Å²) in [7, 11) is 0. The first kappa shape index (κ1) is 26.2. The first-order chi connectivity index (χ1) is 15.3. The van der Waals surface area contributed by atoms with Crippen LogP contribution in [0.15, 0.2) is 72.8 Å². The Morgan fingerprint density at radius 3 is 2.24 bits per heavy atom. The summed E-state index contributed by atoms with van der Waals surface area (Å²) < 4.78 is 11.5. The van der Waals surface area contributed by atoms with Gasteiger partial charge in [-0.2, -0.15) is 0 Å². The average Bonchev–Trinajstić information content (AvgIpc) is 2.77. The van der Waals surface area contributed by atoms with Crippen molar-refractivity contribution in [1.82, 2.24) is 5.32 Å². The van der Waals surface area contributed by atoms with Gasteiger partial charge in [-0.25, -0.2) is 4.79 Å². The van der Waals surface area contributed by atoms with Gasteiger partial charge in [0, 0.05) is 6.54 Å². The molecule has 3 N–H and O–H groups in total. The zero-order valence-corrected chi connectivity index (χ0v) is 19.8. The highest BCUT2D eigenvalue weighted by molar-refractivity contribution is 5.92. The van der Waals surface area contributed by atoms with Gasteiger partial charge in [-0.15, -0.1) is 12.4 Å². The number of carbonyl (C=O) groups is 1. The molecule has 0 spiro atoms. The number of aromatic carboxylic acids is 1. The molecule has 0 aliphatic carbocycles. The van der Waals surface area contributed by atoms with Gasteiger partial charge in [-0.1, -0.05) is 48.5 Å². The van der Waals surface area contributed by atoms with Crippen molar-refractivity contribution in [3.05, 3.63) is 83.9 Å². The van der Waals surface area contributed by atoms with Crippen molar-refractivity contribution in [1.29, 1.82) is 0 Å². The van der Waals surface area contributed by atoms with Crippen LogP contribution in [0, 0.1) is 0 Å². The maximum absolute atomic E-state index is 11.4. The number of nitrogens with one attached hydrogen (secondary N) is 1. The fraction of sp³-hybridized carbons (Fsp3) is 0.269. The third-order valence-electron chi connectivity index (χ3n) is 4.94. The Balaban J connectivity index is 0.00000385. The van der Waals surface area contributed by atoms with E-state index in [1.807, 2.05) is 68.4 Å². The normalized spacial score (nSPS) is 12.5. The Bertz CT molecular complexity index is 1040. The molecule has 0 aliphatic rings. The minimum atomic E-state index is -1.13. The molecule has 0 unspecified atom stereocenters. The van der Waals surface area contributed by atoms with E-state index in [1.165, 1.54) is 0 Å². The molecule has 1 atom stereocenters. The van der Waals surface area contributed by atoms with E-state index in [9.17, 15) is 15.0 Å². The highest BCUT2D eigenvalue weighted by Gasteiger charge is 2.21. The number of hydrogen-bond donors (Lipinski definition) is 3. The van der Waals surface area contributed by atoms with Gasteiger partial charge in [-0.3, -0.25) is 5.32 Å². The van der Waals surface area contributed by atoms with Gasteiger partial charge in [0.1, 0.15) is 29.4 Å². The number of halogens is 1. The Morgan fingerprint density at radius 1 is 1.00 bits per heavy atom. The summed E-state index contributed by atoms with van der Waals surface area (Å²) in [5.74, 6) is 0.0355. The van der Waals surface area contributed by atoms with E-state index in [0.717, 1.165) is 16.7 Å². The molecular formula is C26H30ClNO5. The van der Waals surface area contributed by atoms with Crippen LogP contribution in [0.5, 0.6) is 11.5 Å². The van der Waals surface area contributed by atoms with Crippen LogP contribution < -0.4 is 14.8 Å². The molecule has 0 amide bonds. The Hall–Kier alpha value is -3.06. The molecular weight excluding hydrogens is 442 g/mol. The van der Waals surface area contributed by atoms with Gasteiger partial charge in [-0.05, 0) is 61.7 Å². The summed E-state index contributed by atoms with van der Waals surface area (Å²) in [5.41, 5.74) is 1.58. The van der Waals surface area contributed by atoms with E-state index in [4.69, 9.17) is 9.47 Å². The van der Waals surface area contributed by atoms with Crippen molar-refractivity contribution in [3.63, 3.8) is 0 Å². The van der Waals surface area contributed by atoms with Crippen molar-refractivity contribution in [3.8, 4) is 22.6 Å². The second-order valence-corrected chi connectivity index (χ2v) is 7.92. The molecule has 0 fully saturated rings. The maximum Gasteiger partial charge on any atom is 0.339 e. The van der Waals surface area contributed by atoms with Crippen LogP contribution >= 0.6 is 12.4 Å². The lowest BCUT2D eigenvalue weighted by Gasteiger charge is -2.25. The predicted molar refractivity (Wildman–Crippen MR) is 131 cm³/mol. The SMILES string of the molecule is CC(C)Oc1cc(-c2ccc(OCCN[C@@](C)(O)c3ccccc3)cc2)ccc1C(=O)O.Cl. The largest absolute Gasteiger partial charge is 0.492 e. The fourth-order valence-corrected chi connectivity index (χ4v) is 3.30. The molecule has 0 aliphatic heterocycles. The molecule has 6 nitrogen and oxygen atoms in total. The van der Waals surface area contributed by atoms with Crippen LogP contribution in [-0.4, -0.2) is 35.4 Å². The Morgan fingerprint density at radius 2 is 1.64 bits per heavy atom. The van der Waals surface area contributed by atoms with Crippen molar-refractivity contribution >= 4 is 18.4 Å². The summed E-state index contributed by atoms with van der Waals surface area (Å²) >= 11 is 0. The molecule has 3 aromatic rings. The predicted octanol–water partition coefficient (Wildman–Crippen LogP) is 5.09. The van der Waals surface area contributed by atoms with Crippen LogP contribution in [0.4, 0.5) is 0 Å². The number of carboxylic acids is 1. The number of carboxylic acid groups (broad SMARTS) is 1. The maximum atomic E-state index is 11.4. The van der Waals surface area contributed by atoms with E-state index in [2.05, 4.69) is 5.32 Å².